The number of pyridine rings is 1. The molecule has 5 fully saturated rings. The van der Waals surface area contributed by atoms with Crippen LogP contribution in [0, 0.1) is 18.8 Å². The summed E-state index contributed by atoms with van der Waals surface area (Å²) < 4.78 is 8.42. The van der Waals surface area contributed by atoms with E-state index in [0.717, 1.165) is 81.9 Å². The first-order valence-corrected chi connectivity index (χ1v) is 27.9. The van der Waals surface area contributed by atoms with E-state index < -0.39 is 18.2 Å². The molecule has 0 unspecified atom stereocenters. The summed E-state index contributed by atoms with van der Waals surface area (Å²) in [6, 6.07) is 6.39. The number of halogens is 1. The SMILES string of the molecule is Cc1ncsc1-c1ccc(CNC(=O)[C@@H]2C[C@@H](O)CN2C(=O)[C@H](C(C)C)n2cc(C3CC3)nn2)c(OC2CCN(C(=O)C3CCN(c4nccc(Sc5cnc(N6CCC(C)(N)CC6)cn5)c4Cl)CC3)CC2)c1. The maximum absolute atomic E-state index is 14.2. The number of aryl methyl sites for hydroxylation is 1. The fraction of sp³-hybridized carbons (Fsp3) is 0.558. The summed E-state index contributed by atoms with van der Waals surface area (Å²) in [5.74, 6) is 1.94. The fourth-order valence-corrected chi connectivity index (χ4v) is 12.5. The van der Waals surface area contributed by atoms with Crippen molar-refractivity contribution in [2.24, 2.45) is 17.6 Å². The van der Waals surface area contributed by atoms with Gasteiger partial charge in [0.15, 0.2) is 0 Å². The molecule has 5 aromatic rings. The van der Waals surface area contributed by atoms with E-state index in [9.17, 15) is 19.5 Å². The van der Waals surface area contributed by atoms with Crippen molar-refractivity contribution < 1.29 is 24.2 Å². The number of nitrogens with zero attached hydrogens (tertiary/aromatic N) is 11. The largest absolute Gasteiger partial charge is 0.490 e. The number of β-amino-alcohol motifs (C(OH)–C–C–N with tert-alkyl or cyclic N) is 1. The molecule has 4 aliphatic heterocycles. The fourth-order valence-electron chi connectivity index (χ4n) is 10.6. The second kappa shape index (κ2) is 21.8. The predicted molar refractivity (Wildman–Crippen MR) is 281 cm³/mol. The van der Waals surface area contributed by atoms with Gasteiger partial charge in [0, 0.05) is 112 Å². The third kappa shape index (κ3) is 11.6. The van der Waals surface area contributed by atoms with Gasteiger partial charge in [-0.15, -0.1) is 16.4 Å². The van der Waals surface area contributed by atoms with Gasteiger partial charge in [0.1, 0.15) is 40.6 Å². The number of aromatic nitrogens is 7. The Labute approximate surface area is 439 Å². The molecule has 388 valence electrons. The lowest BCUT2D eigenvalue weighted by atomic mass is 9.91. The Balaban J connectivity index is 0.735. The number of thiazole rings is 1. The zero-order chi connectivity index (χ0) is 51.0. The Morgan fingerprint density at radius 2 is 1.74 bits per heavy atom. The zero-order valence-electron chi connectivity index (χ0n) is 42.0. The normalized spacial score (nSPS) is 21.2. The number of benzene rings is 1. The second-order valence-corrected chi connectivity index (χ2v) is 23.4. The average Bonchev–Trinajstić information content (AvgIpc) is 3.74. The lowest BCUT2D eigenvalue weighted by Crippen LogP contribution is -2.49. The molecule has 21 heteroatoms. The number of likely N-dealkylation sites (tertiary alicyclic amines) is 2. The maximum Gasteiger partial charge on any atom is 0.248 e. The summed E-state index contributed by atoms with van der Waals surface area (Å²) in [4.78, 5) is 70.5. The van der Waals surface area contributed by atoms with Crippen LogP contribution in [0.5, 0.6) is 5.75 Å². The van der Waals surface area contributed by atoms with Crippen LogP contribution in [0.25, 0.3) is 10.4 Å². The van der Waals surface area contributed by atoms with Crippen LogP contribution in [0.2, 0.25) is 5.02 Å². The molecular weight excluding hydrogens is 986 g/mol. The Morgan fingerprint density at radius 3 is 2.42 bits per heavy atom. The van der Waals surface area contributed by atoms with Crippen LogP contribution in [0.15, 0.2) is 64.5 Å². The third-order valence-corrected chi connectivity index (χ3v) is 17.6. The Kier molecular flexibility index (Phi) is 15.3. The Morgan fingerprint density at radius 1 is 0.973 bits per heavy atom. The molecule has 18 nitrogen and oxygen atoms in total. The van der Waals surface area contributed by atoms with Gasteiger partial charge in [-0.2, -0.15) is 0 Å². The first-order valence-electron chi connectivity index (χ1n) is 25.8. The minimum Gasteiger partial charge on any atom is -0.490 e. The summed E-state index contributed by atoms with van der Waals surface area (Å²) >= 11 is 10.0. The zero-order valence-corrected chi connectivity index (χ0v) is 44.4. The van der Waals surface area contributed by atoms with Crippen molar-refractivity contribution in [1.29, 1.82) is 0 Å². The second-order valence-electron chi connectivity index (χ2n) is 21.1. The number of carbonyl (C=O) groups excluding carboxylic acids is 3. The topological polar surface area (TPSA) is 214 Å². The molecule has 3 amide bonds. The van der Waals surface area contributed by atoms with Crippen LogP contribution < -0.4 is 25.6 Å². The van der Waals surface area contributed by atoms with Crippen LogP contribution in [-0.2, 0) is 20.9 Å². The molecule has 4 saturated heterocycles. The molecule has 3 atom stereocenters. The predicted octanol–water partition coefficient (Wildman–Crippen LogP) is 6.66. The molecule has 0 bridgehead atoms. The highest BCUT2D eigenvalue weighted by molar-refractivity contribution is 7.99. The minimum atomic E-state index is -0.850. The first-order chi connectivity index (χ1) is 35.2. The van der Waals surface area contributed by atoms with Crippen LogP contribution in [-0.4, -0.2) is 137 Å². The summed E-state index contributed by atoms with van der Waals surface area (Å²) in [7, 11) is 0. The lowest BCUT2D eigenvalue weighted by molar-refractivity contribution is -0.142. The van der Waals surface area contributed by atoms with E-state index in [0.29, 0.717) is 74.4 Å². The number of aliphatic hydroxyl groups excluding tert-OH is 1. The van der Waals surface area contributed by atoms with Gasteiger partial charge < -0.3 is 40.5 Å². The lowest BCUT2D eigenvalue weighted by Gasteiger charge is -2.38. The van der Waals surface area contributed by atoms with Crippen molar-refractivity contribution in [3.05, 3.63) is 76.5 Å². The summed E-state index contributed by atoms with van der Waals surface area (Å²) in [5.41, 5.74) is 11.6. The summed E-state index contributed by atoms with van der Waals surface area (Å²) in [5, 5.41) is 23.9. The monoisotopic (exact) mass is 1050 g/mol. The number of hydrogen-bond acceptors (Lipinski definition) is 16. The van der Waals surface area contributed by atoms with Gasteiger partial charge in [-0.05, 0) is 76.0 Å². The summed E-state index contributed by atoms with van der Waals surface area (Å²) in [6.45, 7) is 12.4. The number of amides is 3. The number of nitrogens with one attached hydrogen (secondary N) is 1. The highest BCUT2D eigenvalue weighted by atomic mass is 35.5. The van der Waals surface area contributed by atoms with Crippen molar-refractivity contribution >= 4 is 64.1 Å². The van der Waals surface area contributed by atoms with Crippen molar-refractivity contribution in [2.75, 3.05) is 55.6 Å². The van der Waals surface area contributed by atoms with Gasteiger partial charge in [-0.1, -0.05) is 54.6 Å². The van der Waals surface area contributed by atoms with Crippen LogP contribution in [0.3, 0.4) is 0 Å². The number of ether oxygens (including phenoxy) is 1. The first kappa shape index (κ1) is 51.1. The molecule has 1 aliphatic carbocycles. The Bertz CT molecular complexity index is 2760. The highest BCUT2D eigenvalue weighted by Gasteiger charge is 2.43. The smallest absolute Gasteiger partial charge is 0.248 e. The van der Waals surface area contributed by atoms with E-state index in [1.807, 2.05) is 67.8 Å². The van der Waals surface area contributed by atoms with Crippen molar-refractivity contribution in [2.45, 2.75) is 138 Å². The van der Waals surface area contributed by atoms with Gasteiger partial charge in [-0.3, -0.25) is 14.4 Å². The van der Waals surface area contributed by atoms with Crippen LogP contribution >= 0.6 is 34.7 Å². The number of hydrogen-bond donors (Lipinski definition) is 3. The van der Waals surface area contributed by atoms with Crippen LogP contribution in [0.4, 0.5) is 11.6 Å². The number of nitrogens with two attached hydrogens (primary N) is 1. The third-order valence-electron chi connectivity index (χ3n) is 15.2. The van der Waals surface area contributed by atoms with Gasteiger partial charge in [-0.25, -0.2) is 24.6 Å². The molecule has 8 heterocycles. The highest BCUT2D eigenvalue weighted by Crippen LogP contribution is 2.41. The maximum atomic E-state index is 14.2. The number of piperidine rings is 3. The van der Waals surface area contributed by atoms with Gasteiger partial charge in [0.05, 0.1) is 45.3 Å². The van der Waals surface area contributed by atoms with E-state index in [4.69, 9.17) is 32.0 Å². The molecule has 0 radical (unpaired) electrons. The number of carbonyl (C=O) groups is 3. The van der Waals surface area contributed by atoms with Gasteiger partial charge in [0.2, 0.25) is 17.7 Å². The van der Waals surface area contributed by atoms with E-state index in [1.54, 1.807) is 28.4 Å². The molecular formula is C52H66ClN13O5S2. The van der Waals surface area contributed by atoms with Crippen molar-refractivity contribution in [3.63, 3.8) is 0 Å². The quantitative estimate of drug-likeness (QED) is 0.100. The van der Waals surface area contributed by atoms with Gasteiger partial charge in [0.25, 0.3) is 0 Å². The van der Waals surface area contributed by atoms with Gasteiger partial charge >= 0.3 is 0 Å². The molecule has 4 aromatic heterocycles. The number of anilines is 2. The molecule has 1 saturated carbocycles. The number of aliphatic hydroxyl groups is 1. The van der Waals surface area contributed by atoms with Crippen LogP contribution in [0.1, 0.15) is 107 Å². The average molecular weight is 1050 g/mol. The molecule has 0 spiro atoms. The molecule has 73 heavy (non-hydrogen) atoms. The molecule has 4 N–H and O–H groups in total. The molecule has 10 rings (SSSR count). The van der Waals surface area contributed by atoms with E-state index >= 15 is 0 Å². The van der Waals surface area contributed by atoms with Crippen molar-refractivity contribution in [1.82, 2.24) is 50.0 Å². The van der Waals surface area contributed by atoms with E-state index in [1.165, 1.54) is 16.7 Å². The summed E-state index contributed by atoms with van der Waals surface area (Å²) in [6.07, 6.45) is 13.1. The van der Waals surface area contributed by atoms with E-state index in [2.05, 4.69) is 42.3 Å². The molecule has 5 aliphatic rings. The minimum absolute atomic E-state index is 0.0607. The number of rotatable bonds is 15. The van der Waals surface area contributed by atoms with E-state index in [-0.39, 0.29) is 60.7 Å². The molecule has 1 aromatic carbocycles. The standard InChI is InChI=1S/C52H66ClN13O5S2/c1-31(2)46(66-29-39(60-61-66)33-5-6-33)51(70)65-28-37(67)24-40(65)49(68)58-25-36-8-7-35(47-32(3)59-30-72-47)23-41(36)71-38-12-19-64(20-13-38)50(69)34-10-17-63(18-11-34)48-45(53)42(9-16-55-48)73-44-27-56-43(26-57-44)62-21-14-52(4,54)15-22-62/h7-9,16,23,26-27,29-31,33-34,37-38,40,46,67H,5-6,10-15,17-22,24-25,28,54H2,1-4H3,(H,58,68)/t37-,40+,46+/m1/s1. The Hall–Kier alpha value is -5.41. The van der Waals surface area contributed by atoms with Crippen molar-refractivity contribution in [3.8, 4) is 16.2 Å².